The molecule has 3 aromatic rings. The van der Waals surface area contributed by atoms with Crippen molar-refractivity contribution < 1.29 is 4.79 Å². The molecule has 1 aliphatic heterocycles. The Morgan fingerprint density at radius 3 is 2.88 bits per heavy atom. The minimum atomic E-state index is -0.163. The Labute approximate surface area is 148 Å². The van der Waals surface area contributed by atoms with Crippen LogP contribution in [0.3, 0.4) is 0 Å². The first-order valence-corrected chi connectivity index (χ1v) is 8.33. The smallest absolute Gasteiger partial charge is 0.263 e. The lowest BCUT2D eigenvalue weighted by molar-refractivity contribution is 0.0732. The van der Waals surface area contributed by atoms with Gasteiger partial charge in [0.15, 0.2) is 0 Å². The Morgan fingerprint density at radius 1 is 1.28 bits per heavy atom. The van der Waals surface area contributed by atoms with Crippen LogP contribution in [0.1, 0.15) is 27.2 Å². The normalized spacial score (nSPS) is 13.8. The predicted molar refractivity (Wildman–Crippen MR) is 93.9 cm³/mol. The number of hydrogen-bond donors (Lipinski definition) is 0. The minimum absolute atomic E-state index is 0.115. The number of nitrogens with zero attached hydrogens (tertiary/aromatic N) is 4. The second-order valence-electron chi connectivity index (χ2n) is 6.07. The van der Waals surface area contributed by atoms with Gasteiger partial charge in [0, 0.05) is 25.4 Å². The molecular formula is C18H15ClN4O2. The van der Waals surface area contributed by atoms with Gasteiger partial charge >= 0.3 is 0 Å². The summed E-state index contributed by atoms with van der Waals surface area (Å²) in [6.07, 6.45) is 3.72. The van der Waals surface area contributed by atoms with Gasteiger partial charge in [-0.25, -0.2) is 9.97 Å². The van der Waals surface area contributed by atoms with Crippen molar-refractivity contribution in [3.8, 4) is 0 Å². The Bertz CT molecular complexity index is 1040. The van der Waals surface area contributed by atoms with E-state index in [1.165, 1.54) is 6.20 Å². The standard InChI is InChI=1S/C18H15ClN4O2/c1-11-3-2-7-23-16(11)21-14-6-8-22(10-13(14)18(23)25)17(24)12-4-5-15(19)20-9-12/h2-5,7,9H,6,8,10H2,1H3. The summed E-state index contributed by atoms with van der Waals surface area (Å²) in [5.41, 5.74) is 3.32. The van der Waals surface area contributed by atoms with Gasteiger partial charge in [-0.1, -0.05) is 17.7 Å². The van der Waals surface area contributed by atoms with Gasteiger partial charge in [0.2, 0.25) is 0 Å². The second-order valence-corrected chi connectivity index (χ2v) is 6.46. The third kappa shape index (κ3) is 2.68. The first kappa shape index (κ1) is 15.8. The van der Waals surface area contributed by atoms with Crippen LogP contribution in [-0.4, -0.2) is 31.7 Å². The van der Waals surface area contributed by atoms with Gasteiger partial charge in [-0.3, -0.25) is 14.0 Å². The van der Waals surface area contributed by atoms with E-state index in [9.17, 15) is 9.59 Å². The summed E-state index contributed by atoms with van der Waals surface area (Å²) >= 11 is 5.77. The van der Waals surface area contributed by atoms with Crippen LogP contribution in [-0.2, 0) is 13.0 Å². The van der Waals surface area contributed by atoms with Gasteiger partial charge in [-0.15, -0.1) is 0 Å². The molecule has 126 valence electrons. The molecule has 0 aromatic carbocycles. The molecule has 0 aliphatic carbocycles. The molecule has 0 saturated carbocycles. The van der Waals surface area contributed by atoms with Gasteiger partial charge in [0.05, 0.1) is 23.4 Å². The molecule has 3 aromatic heterocycles. The van der Waals surface area contributed by atoms with Crippen molar-refractivity contribution >= 4 is 23.2 Å². The van der Waals surface area contributed by atoms with Crippen LogP contribution < -0.4 is 5.56 Å². The Kier molecular flexibility index (Phi) is 3.77. The minimum Gasteiger partial charge on any atom is -0.334 e. The Morgan fingerprint density at radius 2 is 2.12 bits per heavy atom. The van der Waals surface area contributed by atoms with Crippen LogP contribution in [0.5, 0.6) is 0 Å². The summed E-state index contributed by atoms with van der Waals surface area (Å²) in [6, 6.07) is 6.98. The summed E-state index contributed by atoms with van der Waals surface area (Å²) in [6.45, 7) is 2.70. The van der Waals surface area contributed by atoms with E-state index < -0.39 is 0 Å². The average molecular weight is 355 g/mol. The van der Waals surface area contributed by atoms with Crippen LogP contribution >= 0.6 is 11.6 Å². The first-order chi connectivity index (χ1) is 12.0. The maximum absolute atomic E-state index is 12.8. The molecule has 0 unspecified atom stereocenters. The zero-order valence-electron chi connectivity index (χ0n) is 13.6. The molecule has 0 N–H and O–H groups in total. The molecule has 7 heteroatoms. The lowest BCUT2D eigenvalue weighted by Gasteiger charge is -2.28. The summed E-state index contributed by atoms with van der Waals surface area (Å²) in [4.78, 5) is 35.7. The number of fused-ring (bicyclic) bond motifs is 2. The third-order valence-corrected chi connectivity index (χ3v) is 4.68. The van der Waals surface area contributed by atoms with E-state index in [1.54, 1.807) is 27.6 Å². The van der Waals surface area contributed by atoms with E-state index in [-0.39, 0.29) is 18.0 Å². The fourth-order valence-corrected chi connectivity index (χ4v) is 3.23. The highest BCUT2D eigenvalue weighted by atomic mass is 35.5. The van der Waals surface area contributed by atoms with E-state index in [4.69, 9.17) is 11.6 Å². The topological polar surface area (TPSA) is 67.6 Å². The molecule has 1 amide bonds. The highest BCUT2D eigenvalue weighted by Gasteiger charge is 2.26. The van der Waals surface area contributed by atoms with Crippen molar-refractivity contribution in [3.63, 3.8) is 0 Å². The molecule has 6 nitrogen and oxygen atoms in total. The van der Waals surface area contributed by atoms with E-state index in [0.29, 0.717) is 34.9 Å². The van der Waals surface area contributed by atoms with E-state index in [1.807, 2.05) is 19.1 Å². The molecule has 25 heavy (non-hydrogen) atoms. The number of carbonyl (C=O) groups excluding carboxylic acids is 1. The second kappa shape index (κ2) is 5.97. The van der Waals surface area contributed by atoms with Crippen molar-refractivity contribution in [1.29, 1.82) is 0 Å². The third-order valence-electron chi connectivity index (χ3n) is 4.46. The highest BCUT2D eigenvalue weighted by molar-refractivity contribution is 6.29. The number of amides is 1. The number of aromatic nitrogens is 3. The molecule has 0 spiro atoms. The fourth-order valence-electron chi connectivity index (χ4n) is 3.11. The Hall–Kier alpha value is -2.73. The molecule has 4 rings (SSSR count). The quantitative estimate of drug-likeness (QED) is 0.629. The van der Waals surface area contributed by atoms with Crippen LogP contribution in [0.25, 0.3) is 5.65 Å². The van der Waals surface area contributed by atoms with Crippen LogP contribution in [0.15, 0.2) is 41.5 Å². The first-order valence-electron chi connectivity index (χ1n) is 7.95. The zero-order chi connectivity index (χ0) is 17.6. The average Bonchev–Trinajstić information content (AvgIpc) is 2.63. The molecule has 1 aliphatic rings. The monoisotopic (exact) mass is 354 g/mol. The van der Waals surface area contributed by atoms with Crippen LogP contribution in [0.2, 0.25) is 5.15 Å². The fraction of sp³-hybridized carbons (Fsp3) is 0.222. The highest BCUT2D eigenvalue weighted by Crippen LogP contribution is 2.18. The molecule has 4 heterocycles. The van der Waals surface area contributed by atoms with Gasteiger partial charge < -0.3 is 4.90 Å². The van der Waals surface area contributed by atoms with Crippen molar-refractivity contribution in [3.05, 3.63) is 74.6 Å². The number of pyridine rings is 2. The number of rotatable bonds is 1. The summed E-state index contributed by atoms with van der Waals surface area (Å²) < 4.78 is 1.55. The molecule has 0 bridgehead atoms. The zero-order valence-corrected chi connectivity index (χ0v) is 14.3. The number of halogens is 1. The molecule has 0 saturated heterocycles. The molecule has 0 atom stereocenters. The van der Waals surface area contributed by atoms with Crippen molar-refractivity contribution in [2.45, 2.75) is 19.9 Å². The summed E-state index contributed by atoms with van der Waals surface area (Å²) in [5.74, 6) is -0.163. The lowest BCUT2D eigenvalue weighted by atomic mass is 10.1. The van der Waals surface area contributed by atoms with Gasteiger partial charge in [-0.05, 0) is 30.7 Å². The summed E-state index contributed by atoms with van der Waals surface area (Å²) in [7, 11) is 0. The van der Waals surface area contributed by atoms with Crippen molar-refractivity contribution in [2.24, 2.45) is 0 Å². The van der Waals surface area contributed by atoms with Crippen LogP contribution in [0, 0.1) is 6.92 Å². The molecule has 0 radical (unpaired) electrons. The van der Waals surface area contributed by atoms with Crippen molar-refractivity contribution in [2.75, 3.05) is 6.54 Å². The van der Waals surface area contributed by atoms with Gasteiger partial charge in [-0.2, -0.15) is 0 Å². The van der Waals surface area contributed by atoms with E-state index in [2.05, 4.69) is 9.97 Å². The van der Waals surface area contributed by atoms with Gasteiger partial charge in [0.25, 0.3) is 11.5 Å². The molecule has 0 fully saturated rings. The van der Waals surface area contributed by atoms with E-state index >= 15 is 0 Å². The molecular weight excluding hydrogens is 340 g/mol. The van der Waals surface area contributed by atoms with E-state index in [0.717, 1.165) is 11.3 Å². The predicted octanol–water partition coefficient (Wildman–Crippen LogP) is 2.25. The Balaban J connectivity index is 1.72. The summed E-state index contributed by atoms with van der Waals surface area (Å²) in [5, 5.41) is 0.338. The number of aryl methyl sites for hydroxylation is 1. The van der Waals surface area contributed by atoms with Crippen molar-refractivity contribution in [1.82, 2.24) is 19.3 Å². The maximum Gasteiger partial charge on any atom is 0.263 e. The largest absolute Gasteiger partial charge is 0.334 e. The number of hydrogen-bond acceptors (Lipinski definition) is 4. The van der Waals surface area contributed by atoms with Gasteiger partial charge in [0.1, 0.15) is 10.8 Å². The maximum atomic E-state index is 12.8. The van der Waals surface area contributed by atoms with Crippen LogP contribution in [0.4, 0.5) is 0 Å². The SMILES string of the molecule is Cc1cccn2c(=O)c3c(nc12)CCN(C(=O)c1ccc(Cl)nc1)C3. The number of carbonyl (C=O) groups is 1. The lowest BCUT2D eigenvalue weighted by Crippen LogP contribution is -2.40.